The Balaban J connectivity index is 1.81. The van der Waals surface area contributed by atoms with Gasteiger partial charge in [-0.05, 0) is 31.7 Å². The molecule has 0 spiro atoms. The molecular formula is C18H25N3. The summed E-state index contributed by atoms with van der Waals surface area (Å²) in [4.78, 5) is 4.39. The lowest BCUT2D eigenvalue weighted by molar-refractivity contribution is 0.211. The van der Waals surface area contributed by atoms with Crippen molar-refractivity contribution in [2.75, 3.05) is 0 Å². The van der Waals surface area contributed by atoms with E-state index in [0.717, 1.165) is 6.42 Å². The molecule has 1 fully saturated rings. The summed E-state index contributed by atoms with van der Waals surface area (Å²) in [7, 11) is 0. The van der Waals surface area contributed by atoms with Gasteiger partial charge in [0, 0.05) is 11.7 Å². The minimum absolute atomic E-state index is 0.00801. The fourth-order valence-corrected chi connectivity index (χ4v) is 3.56. The Kier molecular flexibility index (Phi) is 4.11. The predicted octanol–water partition coefficient (Wildman–Crippen LogP) is 3.80. The van der Waals surface area contributed by atoms with Gasteiger partial charge in [-0.2, -0.15) is 0 Å². The molecule has 3 heteroatoms. The number of hydrogen-bond donors (Lipinski definition) is 1. The molecule has 1 heterocycles. The van der Waals surface area contributed by atoms with E-state index in [1.54, 1.807) is 0 Å². The lowest BCUT2D eigenvalue weighted by Crippen LogP contribution is -2.35. The topological polar surface area (TPSA) is 43.8 Å². The van der Waals surface area contributed by atoms with E-state index in [9.17, 15) is 0 Å². The smallest absolute Gasteiger partial charge is 0.0953 e. The molecule has 1 aliphatic carbocycles. The Morgan fingerprint density at radius 3 is 2.62 bits per heavy atom. The van der Waals surface area contributed by atoms with E-state index in [2.05, 4.69) is 40.7 Å². The number of nitrogens with zero attached hydrogens (tertiary/aromatic N) is 2. The minimum atomic E-state index is 0.00801. The highest BCUT2D eigenvalue weighted by molar-refractivity contribution is 5.19. The van der Waals surface area contributed by atoms with Crippen LogP contribution in [0.2, 0.25) is 0 Å². The van der Waals surface area contributed by atoms with E-state index in [4.69, 9.17) is 5.73 Å². The second-order valence-electron chi connectivity index (χ2n) is 6.54. The molecule has 0 amide bonds. The van der Waals surface area contributed by atoms with Gasteiger partial charge in [0.25, 0.3) is 0 Å². The van der Waals surface area contributed by atoms with E-state index in [1.807, 2.05) is 18.6 Å². The van der Waals surface area contributed by atoms with E-state index < -0.39 is 0 Å². The first-order valence-electron chi connectivity index (χ1n) is 8.01. The summed E-state index contributed by atoms with van der Waals surface area (Å²) < 4.78 is 2.35. The molecule has 2 aromatic rings. The molecule has 3 rings (SSSR count). The minimum Gasteiger partial charge on any atom is -0.327 e. The normalized spacial score (nSPS) is 19.3. The Morgan fingerprint density at radius 1 is 1.19 bits per heavy atom. The molecule has 0 radical (unpaired) electrons. The van der Waals surface area contributed by atoms with Gasteiger partial charge in [-0.3, -0.25) is 0 Å². The average molecular weight is 283 g/mol. The third kappa shape index (κ3) is 3.03. The lowest BCUT2D eigenvalue weighted by Gasteiger charge is -2.37. The molecule has 1 saturated carbocycles. The molecule has 0 unspecified atom stereocenters. The van der Waals surface area contributed by atoms with Crippen molar-refractivity contribution in [3.05, 3.63) is 54.1 Å². The van der Waals surface area contributed by atoms with Crippen molar-refractivity contribution in [3.8, 4) is 0 Å². The summed E-state index contributed by atoms with van der Waals surface area (Å²) in [5.74, 6) is 0. The summed E-state index contributed by atoms with van der Waals surface area (Å²) in [6, 6.07) is 10.5. The molecule has 1 aromatic carbocycles. The number of aromatic nitrogens is 2. The fraction of sp³-hybridized carbons (Fsp3) is 0.500. The molecule has 1 atom stereocenters. The van der Waals surface area contributed by atoms with Crippen molar-refractivity contribution >= 4 is 0 Å². The van der Waals surface area contributed by atoms with E-state index >= 15 is 0 Å². The first-order valence-corrected chi connectivity index (χ1v) is 8.01. The summed E-state index contributed by atoms with van der Waals surface area (Å²) >= 11 is 0. The van der Waals surface area contributed by atoms with Gasteiger partial charge in [0.1, 0.15) is 0 Å². The highest BCUT2D eigenvalue weighted by Gasteiger charge is 2.31. The van der Waals surface area contributed by atoms with Gasteiger partial charge in [0.15, 0.2) is 0 Å². The first-order chi connectivity index (χ1) is 10.2. The van der Waals surface area contributed by atoms with Crippen molar-refractivity contribution in [2.24, 2.45) is 5.73 Å². The largest absolute Gasteiger partial charge is 0.327 e. The van der Waals surface area contributed by atoms with Crippen LogP contribution in [0.3, 0.4) is 0 Å². The molecule has 112 valence electrons. The van der Waals surface area contributed by atoms with Crippen LogP contribution in [0.5, 0.6) is 0 Å². The Labute approximate surface area is 127 Å². The average Bonchev–Trinajstić information content (AvgIpc) is 2.99. The van der Waals surface area contributed by atoms with Crippen molar-refractivity contribution in [1.29, 1.82) is 0 Å². The maximum absolute atomic E-state index is 6.48. The molecule has 0 aliphatic heterocycles. The second-order valence-corrected chi connectivity index (χ2v) is 6.54. The number of nitrogens with two attached hydrogens (primary N) is 1. The third-order valence-corrected chi connectivity index (χ3v) is 4.86. The standard InChI is InChI=1S/C18H25N3/c1-18(10-6-3-7-11-18)21-14-20-13-17(21)16(19)12-15-8-4-2-5-9-15/h2,4-5,8-9,13-14,16H,3,6-7,10-12,19H2,1H3/t16-/m1/s1. The number of hydrogen-bond acceptors (Lipinski definition) is 2. The SMILES string of the molecule is CC1(n2cncc2[C@H](N)Cc2ccccc2)CCCCC1. The lowest BCUT2D eigenvalue weighted by atomic mass is 9.82. The number of imidazole rings is 1. The van der Waals surface area contributed by atoms with Gasteiger partial charge in [-0.15, -0.1) is 0 Å². The maximum atomic E-state index is 6.48. The van der Waals surface area contributed by atoms with Gasteiger partial charge in [0.05, 0.1) is 18.1 Å². The Morgan fingerprint density at radius 2 is 1.90 bits per heavy atom. The summed E-state index contributed by atoms with van der Waals surface area (Å²) in [6.45, 7) is 2.35. The monoisotopic (exact) mass is 283 g/mol. The van der Waals surface area contributed by atoms with Crippen molar-refractivity contribution in [3.63, 3.8) is 0 Å². The van der Waals surface area contributed by atoms with Crippen molar-refractivity contribution in [2.45, 2.75) is 57.0 Å². The van der Waals surface area contributed by atoms with Crippen LogP contribution in [0.15, 0.2) is 42.9 Å². The third-order valence-electron chi connectivity index (χ3n) is 4.86. The Bertz CT molecular complexity index is 567. The molecule has 1 aromatic heterocycles. The second kappa shape index (κ2) is 6.02. The van der Waals surface area contributed by atoms with Crippen LogP contribution in [0, 0.1) is 0 Å². The van der Waals surface area contributed by atoms with Gasteiger partial charge >= 0.3 is 0 Å². The molecule has 2 N–H and O–H groups in total. The summed E-state index contributed by atoms with van der Waals surface area (Å²) in [6.07, 6.45) is 11.2. The van der Waals surface area contributed by atoms with Crippen LogP contribution in [0.1, 0.15) is 56.3 Å². The molecule has 21 heavy (non-hydrogen) atoms. The first kappa shape index (κ1) is 14.3. The molecule has 3 nitrogen and oxygen atoms in total. The molecule has 0 saturated heterocycles. The number of rotatable bonds is 4. The highest BCUT2D eigenvalue weighted by Crippen LogP contribution is 2.36. The Hall–Kier alpha value is -1.61. The van der Waals surface area contributed by atoms with Crippen LogP contribution in [-0.4, -0.2) is 9.55 Å². The maximum Gasteiger partial charge on any atom is 0.0953 e. The van der Waals surface area contributed by atoms with Crippen LogP contribution in [0.4, 0.5) is 0 Å². The van der Waals surface area contributed by atoms with Crippen molar-refractivity contribution in [1.82, 2.24) is 9.55 Å². The zero-order valence-electron chi connectivity index (χ0n) is 12.8. The van der Waals surface area contributed by atoms with Crippen molar-refractivity contribution < 1.29 is 0 Å². The quantitative estimate of drug-likeness (QED) is 0.927. The van der Waals surface area contributed by atoms with Gasteiger partial charge in [-0.1, -0.05) is 49.6 Å². The van der Waals surface area contributed by atoms with E-state index in [1.165, 1.54) is 43.4 Å². The number of benzene rings is 1. The van der Waals surface area contributed by atoms with E-state index in [-0.39, 0.29) is 11.6 Å². The van der Waals surface area contributed by atoms with Gasteiger partial charge < -0.3 is 10.3 Å². The predicted molar refractivity (Wildman–Crippen MR) is 86.0 cm³/mol. The molecular weight excluding hydrogens is 258 g/mol. The summed E-state index contributed by atoms with van der Waals surface area (Å²) in [5, 5.41) is 0. The van der Waals surface area contributed by atoms with Crippen LogP contribution in [0.25, 0.3) is 0 Å². The highest BCUT2D eigenvalue weighted by atomic mass is 15.1. The molecule has 1 aliphatic rings. The molecule has 0 bridgehead atoms. The fourth-order valence-electron chi connectivity index (χ4n) is 3.56. The van der Waals surface area contributed by atoms with Gasteiger partial charge in [-0.25, -0.2) is 4.98 Å². The zero-order chi connectivity index (χ0) is 14.7. The van der Waals surface area contributed by atoms with Gasteiger partial charge in [0.2, 0.25) is 0 Å². The van der Waals surface area contributed by atoms with Crippen LogP contribution in [-0.2, 0) is 12.0 Å². The van der Waals surface area contributed by atoms with E-state index in [0.29, 0.717) is 0 Å². The van der Waals surface area contributed by atoms with Crippen LogP contribution < -0.4 is 5.73 Å². The summed E-state index contributed by atoms with van der Waals surface area (Å²) in [5.41, 5.74) is 9.12. The van der Waals surface area contributed by atoms with Crippen LogP contribution >= 0.6 is 0 Å². The zero-order valence-corrected chi connectivity index (χ0v) is 12.8.